The summed E-state index contributed by atoms with van der Waals surface area (Å²) in [4.78, 5) is 33.5. The fourth-order valence-corrected chi connectivity index (χ4v) is 4.53. The van der Waals surface area contributed by atoms with Crippen LogP contribution in [0.25, 0.3) is 0 Å². The number of aliphatic hydroxyl groups is 1. The van der Waals surface area contributed by atoms with Gasteiger partial charge in [-0.3, -0.25) is 9.59 Å². The first kappa shape index (κ1) is 17.4. The average molecular weight is 351 g/mol. The largest absolute Gasteiger partial charge is 0.395 e. The Bertz CT molecular complexity index is 628. The van der Waals surface area contributed by atoms with Gasteiger partial charge in [0.15, 0.2) is 0 Å². The molecule has 0 aromatic carbocycles. The van der Waals surface area contributed by atoms with Crippen molar-refractivity contribution in [2.24, 2.45) is 5.41 Å². The molecule has 0 saturated carbocycles. The Morgan fingerprint density at radius 2 is 2.21 bits per heavy atom. The van der Waals surface area contributed by atoms with E-state index in [0.717, 1.165) is 17.8 Å². The van der Waals surface area contributed by atoms with Gasteiger partial charge in [-0.25, -0.2) is 4.98 Å². The minimum atomic E-state index is -0.458. The van der Waals surface area contributed by atoms with E-state index in [0.29, 0.717) is 44.2 Å². The Labute approximate surface area is 146 Å². The van der Waals surface area contributed by atoms with Gasteiger partial charge >= 0.3 is 0 Å². The van der Waals surface area contributed by atoms with Crippen molar-refractivity contribution in [3.8, 4) is 0 Å². The molecule has 0 radical (unpaired) electrons. The summed E-state index contributed by atoms with van der Waals surface area (Å²) in [5.74, 6) is 0.342. The highest BCUT2D eigenvalue weighted by Gasteiger charge is 2.49. The second-order valence-electron chi connectivity index (χ2n) is 7.10. The van der Waals surface area contributed by atoms with Gasteiger partial charge in [-0.1, -0.05) is 13.8 Å². The standard InChI is InChI=1S/C17H25N3O3S/c1-12(2)14-18-13(10-24-14)15(22)20-7-5-17(11-20)4-3-6-19(8-9-21)16(17)23/h10,12,21H,3-9,11H2,1-2H3. The Kier molecular flexibility index (Phi) is 4.92. The molecule has 2 aliphatic rings. The SMILES string of the molecule is CC(C)c1nc(C(=O)N2CCC3(CCCN(CCO)C3=O)C2)cs1. The molecule has 6 nitrogen and oxygen atoms in total. The van der Waals surface area contributed by atoms with E-state index in [4.69, 9.17) is 5.11 Å². The van der Waals surface area contributed by atoms with Crippen LogP contribution >= 0.6 is 11.3 Å². The number of aromatic nitrogens is 1. The molecular weight excluding hydrogens is 326 g/mol. The first-order chi connectivity index (χ1) is 11.5. The van der Waals surface area contributed by atoms with Crippen molar-refractivity contribution in [2.75, 3.05) is 32.8 Å². The van der Waals surface area contributed by atoms with Gasteiger partial charge in [-0.2, -0.15) is 0 Å². The van der Waals surface area contributed by atoms with E-state index >= 15 is 0 Å². The van der Waals surface area contributed by atoms with E-state index in [2.05, 4.69) is 18.8 Å². The second kappa shape index (κ2) is 6.80. The summed E-state index contributed by atoms with van der Waals surface area (Å²) in [6, 6.07) is 0. The maximum Gasteiger partial charge on any atom is 0.273 e. The summed E-state index contributed by atoms with van der Waals surface area (Å²) in [5.41, 5.74) is 0.0381. The maximum absolute atomic E-state index is 12.8. The van der Waals surface area contributed by atoms with E-state index in [1.807, 2.05) is 5.38 Å². The Morgan fingerprint density at radius 1 is 1.42 bits per heavy atom. The zero-order valence-electron chi connectivity index (χ0n) is 14.3. The van der Waals surface area contributed by atoms with E-state index in [1.165, 1.54) is 11.3 Å². The molecule has 2 aliphatic heterocycles. The number of nitrogens with zero attached hydrogens (tertiary/aromatic N) is 3. The van der Waals surface area contributed by atoms with Crippen LogP contribution in [-0.2, 0) is 4.79 Å². The number of β-amino-alcohol motifs (C(OH)–C–C–N with tert-alkyl or cyclic N) is 1. The predicted molar refractivity (Wildman–Crippen MR) is 92.1 cm³/mol. The lowest BCUT2D eigenvalue weighted by molar-refractivity contribution is -0.146. The lowest BCUT2D eigenvalue weighted by atomic mass is 9.78. The van der Waals surface area contributed by atoms with Gasteiger partial charge in [-0.15, -0.1) is 11.3 Å². The van der Waals surface area contributed by atoms with Gasteiger partial charge in [-0.05, 0) is 19.3 Å². The third-order valence-corrected chi connectivity index (χ3v) is 6.22. The highest BCUT2D eigenvalue weighted by Crippen LogP contribution is 2.40. The first-order valence-corrected chi connectivity index (χ1v) is 9.50. The van der Waals surface area contributed by atoms with Crippen LogP contribution in [0.3, 0.4) is 0 Å². The fraction of sp³-hybridized carbons (Fsp3) is 0.706. The van der Waals surface area contributed by atoms with Crippen LogP contribution in [-0.4, -0.2) is 64.5 Å². The quantitative estimate of drug-likeness (QED) is 0.896. The van der Waals surface area contributed by atoms with Crippen LogP contribution in [0.5, 0.6) is 0 Å². The number of amides is 2. The number of likely N-dealkylation sites (tertiary alicyclic amines) is 2. The van der Waals surface area contributed by atoms with E-state index in [-0.39, 0.29) is 18.4 Å². The number of rotatable bonds is 4. The minimum Gasteiger partial charge on any atom is -0.395 e. The number of aliphatic hydroxyl groups excluding tert-OH is 1. The maximum atomic E-state index is 12.8. The summed E-state index contributed by atoms with van der Waals surface area (Å²) >= 11 is 1.52. The summed E-state index contributed by atoms with van der Waals surface area (Å²) in [7, 11) is 0. The molecule has 1 atom stereocenters. The van der Waals surface area contributed by atoms with Gasteiger partial charge < -0.3 is 14.9 Å². The number of hydrogen-bond acceptors (Lipinski definition) is 5. The molecule has 1 N–H and O–H groups in total. The topological polar surface area (TPSA) is 73.7 Å². The molecule has 3 rings (SSSR count). The lowest BCUT2D eigenvalue weighted by Crippen LogP contribution is -2.51. The van der Waals surface area contributed by atoms with E-state index in [1.54, 1.807) is 9.80 Å². The van der Waals surface area contributed by atoms with Gasteiger partial charge in [0.2, 0.25) is 5.91 Å². The van der Waals surface area contributed by atoms with Gasteiger partial charge in [0.1, 0.15) is 5.69 Å². The number of carbonyl (C=O) groups is 2. The Morgan fingerprint density at radius 3 is 2.88 bits per heavy atom. The van der Waals surface area contributed by atoms with E-state index < -0.39 is 5.41 Å². The van der Waals surface area contributed by atoms with Crippen molar-refractivity contribution in [3.05, 3.63) is 16.1 Å². The third-order valence-electron chi connectivity index (χ3n) is 5.07. The molecule has 1 spiro atoms. The third kappa shape index (κ3) is 3.07. The van der Waals surface area contributed by atoms with Crippen molar-refractivity contribution in [2.45, 2.75) is 39.0 Å². The molecule has 1 aromatic rings. The summed E-state index contributed by atoms with van der Waals surface area (Å²) in [6.45, 7) is 6.29. The fourth-order valence-electron chi connectivity index (χ4n) is 3.72. The molecule has 1 aromatic heterocycles. The van der Waals surface area contributed by atoms with Crippen molar-refractivity contribution in [1.29, 1.82) is 0 Å². The van der Waals surface area contributed by atoms with Gasteiger partial charge in [0, 0.05) is 37.5 Å². The van der Waals surface area contributed by atoms with Crippen LogP contribution in [0.2, 0.25) is 0 Å². The number of hydrogen-bond donors (Lipinski definition) is 1. The van der Waals surface area contributed by atoms with Crippen LogP contribution in [0.1, 0.15) is 54.5 Å². The van der Waals surface area contributed by atoms with Crippen LogP contribution in [0.4, 0.5) is 0 Å². The number of piperidine rings is 1. The molecule has 24 heavy (non-hydrogen) atoms. The lowest BCUT2D eigenvalue weighted by Gasteiger charge is -2.39. The molecular formula is C17H25N3O3S. The average Bonchev–Trinajstić information content (AvgIpc) is 3.20. The number of thiazole rings is 1. The zero-order valence-corrected chi connectivity index (χ0v) is 15.1. The predicted octanol–water partition coefficient (Wildman–Crippen LogP) is 1.71. The summed E-state index contributed by atoms with van der Waals surface area (Å²) < 4.78 is 0. The van der Waals surface area contributed by atoms with Gasteiger partial charge in [0.25, 0.3) is 5.91 Å². The number of carbonyl (C=O) groups excluding carboxylic acids is 2. The normalized spacial score (nSPS) is 24.4. The van der Waals surface area contributed by atoms with Crippen LogP contribution in [0, 0.1) is 5.41 Å². The molecule has 3 heterocycles. The van der Waals surface area contributed by atoms with Crippen LogP contribution < -0.4 is 0 Å². The zero-order chi connectivity index (χ0) is 17.3. The molecule has 2 fully saturated rings. The first-order valence-electron chi connectivity index (χ1n) is 8.62. The molecule has 2 amide bonds. The van der Waals surface area contributed by atoms with Crippen molar-refractivity contribution in [1.82, 2.24) is 14.8 Å². The molecule has 7 heteroatoms. The van der Waals surface area contributed by atoms with Crippen molar-refractivity contribution < 1.29 is 14.7 Å². The molecule has 0 bridgehead atoms. The second-order valence-corrected chi connectivity index (χ2v) is 7.99. The molecule has 132 valence electrons. The summed E-state index contributed by atoms with van der Waals surface area (Å²) in [5, 5.41) is 11.9. The molecule has 2 saturated heterocycles. The monoisotopic (exact) mass is 351 g/mol. The smallest absolute Gasteiger partial charge is 0.273 e. The molecule has 1 unspecified atom stereocenters. The van der Waals surface area contributed by atoms with Crippen molar-refractivity contribution >= 4 is 23.2 Å². The van der Waals surface area contributed by atoms with E-state index in [9.17, 15) is 9.59 Å². The Hall–Kier alpha value is -1.47. The summed E-state index contributed by atoms with van der Waals surface area (Å²) in [6.07, 6.45) is 2.47. The van der Waals surface area contributed by atoms with Gasteiger partial charge in [0.05, 0.1) is 17.0 Å². The highest BCUT2D eigenvalue weighted by molar-refractivity contribution is 7.09. The molecule has 0 aliphatic carbocycles. The highest BCUT2D eigenvalue weighted by atomic mass is 32.1. The van der Waals surface area contributed by atoms with Crippen molar-refractivity contribution in [3.63, 3.8) is 0 Å². The minimum absolute atomic E-state index is 0.0126. The Balaban J connectivity index is 1.71. The van der Waals surface area contributed by atoms with Crippen LogP contribution in [0.15, 0.2) is 5.38 Å².